The minimum atomic E-state index is -0.384. The topological polar surface area (TPSA) is 74.3 Å². The first kappa shape index (κ1) is 21.7. The van der Waals surface area contributed by atoms with Crippen LogP contribution in [0.2, 0.25) is 15.1 Å². The molecule has 0 atom stereocenters. The zero-order chi connectivity index (χ0) is 19.8. The molecule has 0 saturated heterocycles. The number of aromatic nitrogens is 1. The van der Waals surface area contributed by atoms with E-state index in [4.69, 9.17) is 44.0 Å². The highest BCUT2D eigenvalue weighted by Gasteiger charge is 2.18. The third kappa shape index (κ3) is 6.23. The highest BCUT2D eigenvalue weighted by atomic mass is 35.5. The fourth-order valence-electron chi connectivity index (χ4n) is 2.16. The van der Waals surface area contributed by atoms with Gasteiger partial charge in [0.15, 0.2) is 0 Å². The minimum Gasteiger partial charge on any atom is -0.419 e. The molecule has 1 aromatic carbocycles. The van der Waals surface area contributed by atoms with Crippen molar-refractivity contribution in [2.75, 3.05) is 51.9 Å². The van der Waals surface area contributed by atoms with Gasteiger partial charge in [-0.15, -0.1) is 0 Å². The molecule has 0 aliphatic rings. The maximum absolute atomic E-state index is 12.2. The van der Waals surface area contributed by atoms with Crippen molar-refractivity contribution < 1.29 is 13.5 Å². The Balaban J connectivity index is 1.95. The first-order chi connectivity index (χ1) is 13.0. The Morgan fingerprint density at radius 2 is 2.07 bits per heavy atom. The molecular formula is C17H18Cl3FN4O2. The van der Waals surface area contributed by atoms with Crippen LogP contribution in [-0.4, -0.2) is 56.5 Å². The van der Waals surface area contributed by atoms with Crippen LogP contribution < -0.4 is 5.32 Å². The number of ether oxygens (including phenoxy) is 1. The average Bonchev–Trinajstić information content (AvgIpc) is 3.04. The van der Waals surface area contributed by atoms with Crippen LogP contribution in [0, 0.1) is 11.3 Å². The summed E-state index contributed by atoms with van der Waals surface area (Å²) in [5.74, 6) is 0.343. The minimum absolute atomic E-state index is 0.0832. The maximum atomic E-state index is 12.2. The predicted octanol–water partition coefficient (Wildman–Crippen LogP) is 4.50. The van der Waals surface area contributed by atoms with Gasteiger partial charge >= 0.3 is 0 Å². The highest BCUT2D eigenvalue weighted by Crippen LogP contribution is 2.37. The molecule has 0 amide bonds. The van der Waals surface area contributed by atoms with Gasteiger partial charge in [0.25, 0.3) is 0 Å². The lowest BCUT2D eigenvalue weighted by Gasteiger charge is -2.14. The number of likely N-dealkylation sites (N-methyl/N-ethyl adjacent to an activating group) is 1. The third-order valence-electron chi connectivity index (χ3n) is 3.57. The molecule has 1 heterocycles. The summed E-state index contributed by atoms with van der Waals surface area (Å²) in [6.45, 7) is 1.89. The highest BCUT2D eigenvalue weighted by molar-refractivity contribution is 6.44. The summed E-state index contributed by atoms with van der Waals surface area (Å²) >= 11 is 18.2. The van der Waals surface area contributed by atoms with E-state index in [1.54, 1.807) is 6.07 Å². The first-order valence-electron chi connectivity index (χ1n) is 8.08. The van der Waals surface area contributed by atoms with Gasteiger partial charge in [0.05, 0.1) is 28.8 Å². The van der Waals surface area contributed by atoms with Crippen molar-refractivity contribution >= 4 is 40.7 Å². The molecule has 0 spiro atoms. The van der Waals surface area contributed by atoms with Crippen LogP contribution in [-0.2, 0) is 4.74 Å². The van der Waals surface area contributed by atoms with Gasteiger partial charge in [-0.05, 0) is 19.2 Å². The standard InChI is InChI=1S/C17H18Cl3FN4O2/c1-25(4-2-21)5-7-26-6-3-23-17-14(10-22)24-16(27-17)12-8-11(18)9-13(19)15(12)20/h8-9,23H,2-7H2,1H3. The third-order valence-corrected chi connectivity index (χ3v) is 4.59. The van der Waals surface area contributed by atoms with Crippen molar-refractivity contribution in [3.8, 4) is 17.5 Å². The monoisotopic (exact) mass is 434 g/mol. The molecule has 146 valence electrons. The largest absolute Gasteiger partial charge is 0.419 e. The molecule has 0 saturated carbocycles. The molecule has 0 aliphatic heterocycles. The first-order valence-corrected chi connectivity index (χ1v) is 9.21. The Bertz CT molecular complexity index is 810. The smallest absolute Gasteiger partial charge is 0.232 e. The van der Waals surface area contributed by atoms with Crippen LogP contribution in [0.3, 0.4) is 0 Å². The summed E-state index contributed by atoms with van der Waals surface area (Å²) in [6, 6.07) is 5.02. The molecule has 0 bridgehead atoms. The molecule has 0 fully saturated rings. The van der Waals surface area contributed by atoms with Gasteiger partial charge < -0.3 is 19.4 Å². The Morgan fingerprint density at radius 3 is 2.78 bits per heavy atom. The van der Waals surface area contributed by atoms with Crippen molar-refractivity contribution in [1.82, 2.24) is 9.88 Å². The maximum Gasteiger partial charge on any atom is 0.232 e. The fourth-order valence-corrected chi connectivity index (χ4v) is 2.84. The van der Waals surface area contributed by atoms with Gasteiger partial charge in [0, 0.05) is 24.7 Å². The van der Waals surface area contributed by atoms with Gasteiger partial charge in [0.2, 0.25) is 17.5 Å². The van der Waals surface area contributed by atoms with E-state index in [1.807, 2.05) is 18.0 Å². The Hall–Kier alpha value is -1.56. The van der Waals surface area contributed by atoms with Crippen LogP contribution in [0.15, 0.2) is 16.5 Å². The van der Waals surface area contributed by atoms with E-state index < -0.39 is 0 Å². The van der Waals surface area contributed by atoms with Crippen molar-refractivity contribution in [1.29, 1.82) is 5.26 Å². The van der Waals surface area contributed by atoms with Crippen LogP contribution in [0.1, 0.15) is 5.69 Å². The number of oxazole rings is 1. The number of alkyl halides is 1. The Morgan fingerprint density at radius 1 is 1.30 bits per heavy atom. The van der Waals surface area contributed by atoms with E-state index in [9.17, 15) is 9.65 Å². The second-order valence-electron chi connectivity index (χ2n) is 5.59. The summed E-state index contributed by atoms with van der Waals surface area (Å²) in [7, 11) is 1.82. The zero-order valence-corrected chi connectivity index (χ0v) is 16.8. The molecule has 2 aromatic rings. The number of benzene rings is 1. The molecule has 10 heteroatoms. The number of hydrogen-bond acceptors (Lipinski definition) is 6. The van der Waals surface area contributed by atoms with Crippen molar-refractivity contribution in [2.45, 2.75) is 0 Å². The van der Waals surface area contributed by atoms with E-state index in [0.29, 0.717) is 43.4 Å². The fraction of sp³-hybridized carbons (Fsp3) is 0.412. The predicted molar refractivity (Wildman–Crippen MR) is 104 cm³/mol. The van der Waals surface area contributed by atoms with E-state index >= 15 is 0 Å². The summed E-state index contributed by atoms with van der Waals surface area (Å²) in [6.07, 6.45) is 0. The number of nitriles is 1. The number of hydrogen-bond donors (Lipinski definition) is 1. The van der Waals surface area contributed by atoms with E-state index in [-0.39, 0.29) is 34.2 Å². The van der Waals surface area contributed by atoms with Crippen molar-refractivity contribution in [3.63, 3.8) is 0 Å². The van der Waals surface area contributed by atoms with Gasteiger partial charge in [-0.3, -0.25) is 0 Å². The number of rotatable bonds is 10. The Kier molecular flexibility index (Phi) is 8.61. The summed E-state index contributed by atoms with van der Waals surface area (Å²) in [4.78, 5) is 5.96. The van der Waals surface area contributed by atoms with Crippen molar-refractivity contribution in [3.05, 3.63) is 32.9 Å². The molecule has 2 rings (SSSR count). The van der Waals surface area contributed by atoms with Gasteiger partial charge in [-0.25, -0.2) is 4.39 Å². The number of halogens is 4. The molecule has 27 heavy (non-hydrogen) atoms. The van der Waals surface area contributed by atoms with Gasteiger partial charge in [-0.1, -0.05) is 34.8 Å². The summed E-state index contributed by atoms with van der Waals surface area (Å²) in [5.41, 5.74) is 0.478. The summed E-state index contributed by atoms with van der Waals surface area (Å²) < 4.78 is 23.2. The van der Waals surface area contributed by atoms with E-state index in [0.717, 1.165) is 0 Å². The second-order valence-corrected chi connectivity index (χ2v) is 6.81. The van der Waals surface area contributed by atoms with Crippen LogP contribution in [0.25, 0.3) is 11.5 Å². The average molecular weight is 436 g/mol. The van der Waals surface area contributed by atoms with Gasteiger partial charge in [0.1, 0.15) is 12.7 Å². The number of anilines is 1. The van der Waals surface area contributed by atoms with Crippen LogP contribution in [0.5, 0.6) is 0 Å². The SMILES string of the molecule is CN(CCF)CCOCCNc1oc(-c2cc(Cl)cc(Cl)c2Cl)nc1C#N. The van der Waals surface area contributed by atoms with Crippen LogP contribution >= 0.6 is 34.8 Å². The number of nitrogens with zero attached hydrogens (tertiary/aromatic N) is 3. The van der Waals surface area contributed by atoms with E-state index in [2.05, 4.69) is 10.3 Å². The molecule has 6 nitrogen and oxygen atoms in total. The molecule has 0 unspecified atom stereocenters. The lowest BCUT2D eigenvalue weighted by molar-refractivity contribution is 0.117. The quantitative estimate of drug-likeness (QED) is 0.437. The number of nitrogens with one attached hydrogen (secondary N) is 1. The lowest BCUT2D eigenvalue weighted by atomic mass is 10.2. The molecule has 1 N–H and O–H groups in total. The lowest BCUT2D eigenvalue weighted by Crippen LogP contribution is -2.26. The molecule has 0 aliphatic carbocycles. The molecule has 1 aromatic heterocycles. The van der Waals surface area contributed by atoms with E-state index in [1.165, 1.54) is 6.07 Å². The Labute approximate surface area is 171 Å². The normalized spacial score (nSPS) is 11.0. The van der Waals surface area contributed by atoms with Gasteiger partial charge in [-0.2, -0.15) is 10.2 Å². The second kappa shape index (κ2) is 10.7. The van der Waals surface area contributed by atoms with Crippen molar-refractivity contribution in [2.24, 2.45) is 0 Å². The zero-order valence-electron chi connectivity index (χ0n) is 14.6. The van der Waals surface area contributed by atoms with Crippen LogP contribution in [0.4, 0.5) is 10.3 Å². The molecular weight excluding hydrogens is 418 g/mol. The summed E-state index contributed by atoms with van der Waals surface area (Å²) in [5, 5.41) is 13.1. The molecule has 0 radical (unpaired) electrons.